The van der Waals surface area contributed by atoms with Crippen LogP contribution in [0, 0.1) is 20.8 Å². The monoisotopic (exact) mass is 333 g/mol. The van der Waals surface area contributed by atoms with Crippen molar-refractivity contribution in [1.29, 1.82) is 0 Å². The Labute approximate surface area is 140 Å². The van der Waals surface area contributed by atoms with Crippen molar-refractivity contribution in [3.63, 3.8) is 0 Å². The normalized spacial score (nSPS) is 19.8. The highest BCUT2D eigenvalue weighted by atomic mass is 32.1. The zero-order valence-electron chi connectivity index (χ0n) is 14.1. The molecule has 124 valence electrons. The van der Waals surface area contributed by atoms with Gasteiger partial charge >= 0.3 is 0 Å². The van der Waals surface area contributed by atoms with Crippen LogP contribution in [0.4, 0.5) is 0 Å². The Kier molecular flexibility index (Phi) is 4.53. The molecule has 2 aromatic heterocycles. The lowest BCUT2D eigenvalue weighted by Gasteiger charge is -2.33. The van der Waals surface area contributed by atoms with Crippen LogP contribution >= 0.6 is 11.3 Å². The van der Waals surface area contributed by atoms with Gasteiger partial charge in [0.15, 0.2) is 0 Å². The number of carbonyl (C=O) groups excluding carboxylic acids is 1. The van der Waals surface area contributed by atoms with Gasteiger partial charge in [0, 0.05) is 35.6 Å². The van der Waals surface area contributed by atoms with E-state index in [1.165, 1.54) is 0 Å². The van der Waals surface area contributed by atoms with Crippen LogP contribution in [0.3, 0.4) is 0 Å². The molecule has 0 N–H and O–H groups in total. The molecule has 6 heteroatoms. The number of hydrogen-bond donors (Lipinski definition) is 0. The van der Waals surface area contributed by atoms with Gasteiger partial charge in [-0.2, -0.15) is 0 Å². The fraction of sp³-hybridized carbons (Fsp3) is 0.588. The second-order valence-corrected chi connectivity index (χ2v) is 7.30. The van der Waals surface area contributed by atoms with Crippen molar-refractivity contribution in [3.8, 4) is 0 Å². The molecule has 0 radical (unpaired) electrons. The van der Waals surface area contributed by atoms with E-state index in [1.807, 2.05) is 32.6 Å². The summed E-state index contributed by atoms with van der Waals surface area (Å²) in [6.07, 6.45) is 2.14. The largest absolute Gasteiger partial charge is 0.361 e. The van der Waals surface area contributed by atoms with Gasteiger partial charge in [-0.1, -0.05) is 5.16 Å². The van der Waals surface area contributed by atoms with Crippen LogP contribution in [0.15, 0.2) is 9.90 Å². The zero-order valence-corrected chi connectivity index (χ0v) is 14.9. The van der Waals surface area contributed by atoms with Crippen LogP contribution in [-0.4, -0.2) is 34.0 Å². The van der Waals surface area contributed by atoms with E-state index in [2.05, 4.69) is 15.5 Å². The predicted molar refractivity (Wildman–Crippen MR) is 89.8 cm³/mol. The molecule has 0 spiro atoms. The highest BCUT2D eigenvalue weighted by Gasteiger charge is 2.31. The Hall–Kier alpha value is -1.69. The summed E-state index contributed by atoms with van der Waals surface area (Å²) in [4.78, 5) is 19.5. The average molecular weight is 333 g/mol. The molecule has 5 nitrogen and oxygen atoms in total. The maximum absolute atomic E-state index is 12.9. The maximum Gasteiger partial charge on any atom is 0.230 e. The number of thiazole rings is 1. The lowest BCUT2D eigenvalue weighted by Crippen LogP contribution is -2.41. The fourth-order valence-electron chi connectivity index (χ4n) is 3.44. The molecular formula is C17H23N3O2S. The van der Waals surface area contributed by atoms with E-state index in [-0.39, 0.29) is 11.8 Å². The Morgan fingerprint density at radius 3 is 2.83 bits per heavy atom. The molecule has 1 saturated heterocycles. The molecule has 0 saturated carbocycles. The Morgan fingerprint density at radius 2 is 2.22 bits per heavy atom. The molecule has 1 fully saturated rings. The fourth-order valence-corrected chi connectivity index (χ4v) is 4.37. The van der Waals surface area contributed by atoms with E-state index in [0.29, 0.717) is 5.92 Å². The minimum absolute atomic E-state index is 0.164. The highest BCUT2D eigenvalue weighted by Crippen LogP contribution is 2.32. The zero-order chi connectivity index (χ0) is 16.6. The van der Waals surface area contributed by atoms with Crippen molar-refractivity contribution in [2.24, 2.45) is 0 Å². The predicted octanol–water partition coefficient (Wildman–Crippen LogP) is 3.57. The number of piperidine rings is 1. The lowest BCUT2D eigenvalue weighted by molar-refractivity contribution is -0.133. The van der Waals surface area contributed by atoms with Crippen molar-refractivity contribution in [2.75, 3.05) is 13.1 Å². The number of aryl methyl sites for hydroxylation is 3. The van der Waals surface area contributed by atoms with E-state index < -0.39 is 0 Å². The molecule has 0 aliphatic carbocycles. The first kappa shape index (κ1) is 16.2. The molecule has 0 aromatic carbocycles. The van der Waals surface area contributed by atoms with E-state index in [1.54, 1.807) is 11.3 Å². The molecule has 1 amide bonds. The Bertz CT molecular complexity index is 687. The molecule has 2 aromatic rings. The topological polar surface area (TPSA) is 59.2 Å². The summed E-state index contributed by atoms with van der Waals surface area (Å²) in [5.41, 5.74) is 2.81. The minimum atomic E-state index is -0.210. The van der Waals surface area contributed by atoms with Gasteiger partial charge in [-0.05, 0) is 40.5 Å². The number of amides is 1. The summed E-state index contributed by atoms with van der Waals surface area (Å²) in [5, 5.41) is 7.22. The van der Waals surface area contributed by atoms with Crippen LogP contribution in [0.5, 0.6) is 0 Å². The van der Waals surface area contributed by atoms with Gasteiger partial charge in [-0.15, -0.1) is 11.3 Å². The third-order valence-corrected chi connectivity index (χ3v) is 5.74. The Balaban J connectivity index is 1.74. The summed E-state index contributed by atoms with van der Waals surface area (Å²) >= 11 is 1.71. The molecule has 1 aliphatic rings. The molecule has 3 rings (SSSR count). The first-order valence-corrected chi connectivity index (χ1v) is 8.99. The summed E-state index contributed by atoms with van der Waals surface area (Å²) in [6, 6.07) is 0. The maximum atomic E-state index is 12.9. The summed E-state index contributed by atoms with van der Waals surface area (Å²) in [5.74, 6) is 1.06. The average Bonchev–Trinajstić information content (AvgIpc) is 3.12. The van der Waals surface area contributed by atoms with Crippen LogP contribution in [0.2, 0.25) is 0 Å². The number of nitrogens with zero attached hydrogens (tertiary/aromatic N) is 3. The van der Waals surface area contributed by atoms with Crippen molar-refractivity contribution in [3.05, 3.63) is 33.1 Å². The molecule has 3 heterocycles. The van der Waals surface area contributed by atoms with Crippen LogP contribution in [0.25, 0.3) is 0 Å². The second kappa shape index (κ2) is 6.43. The molecule has 0 bridgehead atoms. The van der Waals surface area contributed by atoms with Crippen LogP contribution in [-0.2, 0) is 4.79 Å². The molecule has 2 unspecified atom stereocenters. The van der Waals surface area contributed by atoms with Gasteiger partial charge in [0.25, 0.3) is 0 Å². The van der Waals surface area contributed by atoms with E-state index in [4.69, 9.17) is 4.52 Å². The second-order valence-electron chi connectivity index (χ2n) is 6.41. The van der Waals surface area contributed by atoms with E-state index in [0.717, 1.165) is 53.7 Å². The first-order valence-electron chi connectivity index (χ1n) is 8.11. The number of likely N-dealkylation sites (tertiary alicyclic amines) is 1. The van der Waals surface area contributed by atoms with E-state index in [9.17, 15) is 4.79 Å². The number of rotatable bonds is 3. The number of aromatic nitrogens is 2. The van der Waals surface area contributed by atoms with Gasteiger partial charge in [-0.3, -0.25) is 4.79 Å². The Morgan fingerprint density at radius 1 is 1.43 bits per heavy atom. The van der Waals surface area contributed by atoms with Gasteiger partial charge < -0.3 is 9.42 Å². The van der Waals surface area contributed by atoms with Crippen molar-refractivity contribution >= 4 is 17.2 Å². The molecule has 2 atom stereocenters. The lowest BCUT2D eigenvalue weighted by atomic mass is 9.94. The standard InChI is InChI=1S/C17H23N3O2S/c1-10-9-23-16(18-10)14-6-5-7-20(8-14)17(21)11(2)15-12(3)19-22-13(15)4/h9,11,14H,5-8H2,1-4H3. The van der Waals surface area contributed by atoms with Crippen LogP contribution < -0.4 is 0 Å². The van der Waals surface area contributed by atoms with Crippen molar-refractivity contribution < 1.29 is 9.32 Å². The van der Waals surface area contributed by atoms with Gasteiger partial charge in [0.1, 0.15) is 5.76 Å². The summed E-state index contributed by atoms with van der Waals surface area (Å²) in [6.45, 7) is 9.33. The first-order chi connectivity index (χ1) is 11.0. The van der Waals surface area contributed by atoms with Gasteiger partial charge in [-0.25, -0.2) is 4.98 Å². The summed E-state index contributed by atoms with van der Waals surface area (Å²) < 4.78 is 5.22. The quantitative estimate of drug-likeness (QED) is 0.861. The SMILES string of the molecule is Cc1csc(C2CCCN(C(=O)C(C)c3c(C)noc3C)C2)n1. The smallest absolute Gasteiger partial charge is 0.230 e. The summed E-state index contributed by atoms with van der Waals surface area (Å²) in [7, 11) is 0. The van der Waals surface area contributed by atoms with Crippen LogP contribution in [0.1, 0.15) is 59.3 Å². The molecular weight excluding hydrogens is 310 g/mol. The third kappa shape index (κ3) is 3.17. The third-order valence-electron chi connectivity index (χ3n) is 4.61. The van der Waals surface area contributed by atoms with Gasteiger partial charge in [0.05, 0.1) is 16.6 Å². The highest BCUT2D eigenvalue weighted by molar-refractivity contribution is 7.09. The van der Waals surface area contributed by atoms with Crippen molar-refractivity contribution in [1.82, 2.24) is 15.0 Å². The molecule has 1 aliphatic heterocycles. The number of hydrogen-bond acceptors (Lipinski definition) is 5. The van der Waals surface area contributed by atoms with Crippen molar-refractivity contribution in [2.45, 2.75) is 52.4 Å². The molecule has 23 heavy (non-hydrogen) atoms. The minimum Gasteiger partial charge on any atom is -0.361 e. The van der Waals surface area contributed by atoms with E-state index >= 15 is 0 Å². The van der Waals surface area contributed by atoms with Gasteiger partial charge in [0.2, 0.25) is 5.91 Å². The number of carbonyl (C=O) groups is 1.